The van der Waals surface area contributed by atoms with Crippen LogP contribution in [0.2, 0.25) is 10.0 Å². The van der Waals surface area contributed by atoms with Crippen LogP contribution >= 0.6 is 45.8 Å². The van der Waals surface area contributed by atoms with Crippen LogP contribution in [0.5, 0.6) is 0 Å². The van der Waals surface area contributed by atoms with Gasteiger partial charge in [-0.05, 0) is 52.9 Å². The number of rotatable bonds is 2. The number of aryl methyl sites for hydroxylation is 1. The van der Waals surface area contributed by atoms with Crippen LogP contribution in [-0.4, -0.2) is 10.4 Å². The zero-order valence-electron chi connectivity index (χ0n) is 11.0. The number of nitrogens with zero attached hydrogens (tertiary/aromatic N) is 1. The molecule has 0 aliphatic heterocycles. The number of aromatic nitrogens is 1. The summed E-state index contributed by atoms with van der Waals surface area (Å²) in [6, 6.07) is 10.9. The lowest BCUT2D eigenvalue weighted by Crippen LogP contribution is -2.00. The van der Waals surface area contributed by atoms with Crippen molar-refractivity contribution in [1.82, 2.24) is 4.57 Å². The van der Waals surface area contributed by atoms with E-state index in [0.717, 1.165) is 14.5 Å². The number of hydrogen-bond acceptors (Lipinski definition) is 1. The van der Waals surface area contributed by atoms with E-state index in [1.165, 1.54) is 0 Å². The summed E-state index contributed by atoms with van der Waals surface area (Å²) in [5.74, 6) is -0.0405. The molecule has 5 heteroatoms. The lowest BCUT2D eigenvalue weighted by molar-refractivity contribution is 0.104. The molecular formula is C16H10Cl2INO. The Morgan fingerprint density at radius 3 is 2.62 bits per heavy atom. The van der Waals surface area contributed by atoms with Crippen LogP contribution in [0.4, 0.5) is 0 Å². The van der Waals surface area contributed by atoms with Crippen molar-refractivity contribution < 1.29 is 4.79 Å². The fraction of sp³-hybridized carbons (Fsp3) is 0.0625. The molecule has 0 aliphatic carbocycles. The van der Waals surface area contributed by atoms with Gasteiger partial charge in [-0.3, -0.25) is 4.79 Å². The molecule has 2 nitrogen and oxygen atoms in total. The van der Waals surface area contributed by atoms with Crippen molar-refractivity contribution in [1.29, 1.82) is 0 Å². The highest BCUT2D eigenvalue weighted by atomic mass is 127. The van der Waals surface area contributed by atoms with E-state index in [9.17, 15) is 4.79 Å². The number of hydrogen-bond donors (Lipinski definition) is 0. The topological polar surface area (TPSA) is 22.0 Å². The van der Waals surface area contributed by atoms with Gasteiger partial charge in [0.1, 0.15) is 0 Å². The van der Waals surface area contributed by atoms with Crippen molar-refractivity contribution in [2.24, 2.45) is 7.05 Å². The SMILES string of the molecule is Cn1cc(C(=O)c2ccc(I)c(Cl)c2)c2ccc(Cl)cc21. The molecule has 0 radical (unpaired) electrons. The van der Waals surface area contributed by atoms with Gasteiger partial charge in [-0.15, -0.1) is 0 Å². The first-order valence-corrected chi connectivity index (χ1v) is 8.05. The third-order valence-corrected chi connectivity index (χ3v) is 5.19. The Balaban J connectivity index is 2.15. The van der Waals surface area contributed by atoms with E-state index in [1.54, 1.807) is 18.2 Å². The van der Waals surface area contributed by atoms with Gasteiger partial charge in [-0.1, -0.05) is 29.3 Å². The molecule has 0 spiro atoms. The fourth-order valence-corrected chi connectivity index (χ4v) is 3.01. The number of ketones is 1. The van der Waals surface area contributed by atoms with Crippen LogP contribution in [0.3, 0.4) is 0 Å². The normalized spacial score (nSPS) is 11.0. The van der Waals surface area contributed by atoms with Gasteiger partial charge < -0.3 is 4.57 Å². The minimum atomic E-state index is -0.0405. The molecule has 106 valence electrons. The number of carbonyl (C=O) groups excluding carboxylic acids is 1. The predicted molar refractivity (Wildman–Crippen MR) is 95.5 cm³/mol. The summed E-state index contributed by atoms with van der Waals surface area (Å²) in [5, 5.41) is 2.13. The van der Waals surface area contributed by atoms with Crippen LogP contribution in [-0.2, 0) is 7.05 Å². The Labute approximate surface area is 145 Å². The zero-order chi connectivity index (χ0) is 15.1. The van der Waals surface area contributed by atoms with Crippen LogP contribution in [0.15, 0.2) is 42.6 Å². The Morgan fingerprint density at radius 2 is 1.90 bits per heavy atom. The average Bonchev–Trinajstić information content (AvgIpc) is 2.78. The number of benzene rings is 2. The van der Waals surface area contributed by atoms with E-state index in [2.05, 4.69) is 22.6 Å². The van der Waals surface area contributed by atoms with E-state index in [4.69, 9.17) is 23.2 Å². The summed E-state index contributed by atoms with van der Waals surface area (Å²) in [7, 11) is 1.90. The summed E-state index contributed by atoms with van der Waals surface area (Å²) in [4.78, 5) is 12.7. The molecule has 0 amide bonds. The van der Waals surface area contributed by atoms with E-state index in [1.807, 2.05) is 36.0 Å². The Morgan fingerprint density at radius 1 is 1.14 bits per heavy atom. The maximum absolute atomic E-state index is 12.7. The van der Waals surface area contributed by atoms with E-state index in [-0.39, 0.29) is 5.78 Å². The van der Waals surface area contributed by atoms with Crippen molar-refractivity contribution in [3.05, 3.63) is 67.3 Å². The average molecular weight is 430 g/mol. The van der Waals surface area contributed by atoms with Crippen molar-refractivity contribution in [2.75, 3.05) is 0 Å². The molecule has 3 aromatic rings. The highest BCUT2D eigenvalue weighted by molar-refractivity contribution is 14.1. The molecule has 0 atom stereocenters. The van der Waals surface area contributed by atoms with Gasteiger partial charge in [0, 0.05) is 43.9 Å². The molecule has 0 saturated heterocycles. The van der Waals surface area contributed by atoms with E-state index < -0.39 is 0 Å². The quantitative estimate of drug-likeness (QED) is 0.399. The zero-order valence-corrected chi connectivity index (χ0v) is 14.7. The number of carbonyl (C=O) groups is 1. The molecule has 0 saturated carbocycles. The maximum atomic E-state index is 12.7. The maximum Gasteiger partial charge on any atom is 0.195 e. The van der Waals surface area contributed by atoms with E-state index >= 15 is 0 Å². The molecule has 0 unspecified atom stereocenters. The second-order valence-electron chi connectivity index (χ2n) is 4.77. The highest BCUT2D eigenvalue weighted by Crippen LogP contribution is 2.27. The molecule has 0 fully saturated rings. The summed E-state index contributed by atoms with van der Waals surface area (Å²) in [6.07, 6.45) is 1.83. The first-order chi connectivity index (χ1) is 9.97. The van der Waals surface area contributed by atoms with Gasteiger partial charge in [0.05, 0.1) is 5.02 Å². The minimum absolute atomic E-state index is 0.0405. The van der Waals surface area contributed by atoms with Gasteiger partial charge in [-0.25, -0.2) is 0 Å². The summed E-state index contributed by atoms with van der Waals surface area (Å²) in [6.45, 7) is 0. The third-order valence-electron chi connectivity index (χ3n) is 3.38. The smallest absolute Gasteiger partial charge is 0.195 e. The first-order valence-electron chi connectivity index (χ1n) is 6.21. The lowest BCUT2D eigenvalue weighted by atomic mass is 10.0. The molecule has 3 rings (SSSR count). The van der Waals surface area contributed by atoms with Crippen LogP contribution in [0.25, 0.3) is 10.9 Å². The van der Waals surface area contributed by atoms with Gasteiger partial charge in [-0.2, -0.15) is 0 Å². The number of fused-ring (bicyclic) bond motifs is 1. The standard InChI is InChI=1S/C16H10Cl2INO/c1-20-8-12(11-4-3-10(17)7-15(11)20)16(21)9-2-5-14(19)13(18)6-9/h2-8H,1H3. The van der Waals surface area contributed by atoms with E-state index in [0.29, 0.717) is 21.2 Å². The largest absolute Gasteiger partial charge is 0.350 e. The molecule has 0 N–H and O–H groups in total. The Bertz CT molecular complexity index is 870. The highest BCUT2D eigenvalue weighted by Gasteiger charge is 2.16. The minimum Gasteiger partial charge on any atom is -0.350 e. The van der Waals surface area contributed by atoms with Gasteiger partial charge in [0.2, 0.25) is 0 Å². The predicted octanol–water partition coefficient (Wildman–Crippen LogP) is 5.32. The second kappa shape index (κ2) is 5.63. The number of halogens is 3. The molecular weight excluding hydrogens is 420 g/mol. The molecule has 2 aromatic carbocycles. The summed E-state index contributed by atoms with van der Waals surface area (Å²) >= 11 is 14.3. The molecule has 1 aromatic heterocycles. The van der Waals surface area contributed by atoms with Gasteiger partial charge in [0.25, 0.3) is 0 Å². The Kier molecular flexibility index (Phi) is 3.99. The molecule has 0 aliphatic rings. The third kappa shape index (κ3) is 2.70. The first kappa shape index (κ1) is 14.9. The van der Waals surface area contributed by atoms with Crippen LogP contribution < -0.4 is 0 Å². The lowest BCUT2D eigenvalue weighted by Gasteiger charge is -2.02. The van der Waals surface area contributed by atoms with Crippen molar-refractivity contribution >= 4 is 62.5 Å². The Hall–Kier alpha value is -1.04. The van der Waals surface area contributed by atoms with Crippen LogP contribution in [0, 0.1) is 3.57 Å². The fourth-order valence-electron chi connectivity index (χ4n) is 2.33. The second-order valence-corrected chi connectivity index (χ2v) is 6.78. The van der Waals surface area contributed by atoms with Gasteiger partial charge >= 0.3 is 0 Å². The molecule has 21 heavy (non-hydrogen) atoms. The van der Waals surface area contributed by atoms with Crippen molar-refractivity contribution in [3.8, 4) is 0 Å². The monoisotopic (exact) mass is 429 g/mol. The van der Waals surface area contributed by atoms with Gasteiger partial charge in [0.15, 0.2) is 5.78 Å². The molecule has 0 bridgehead atoms. The summed E-state index contributed by atoms with van der Waals surface area (Å²) in [5.41, 5.74) is 2.17. The summed E-state index contributed by atoms with van der Waals surface area (Å²) < 4.78 is 2.83. The van der Waals surface area contributed by atoms with Crippen molar-refractivity contribution in [3.63, 3.8) is 0 Å². The molecule has 1 heterocycles. The van der Waals surface area contributed by atoms with Crippen LogP contribution in [0.1, 0.15) is 15.9 Å². The van der Waals surface area contributed by atoms with Crippen molar-refractivity contribution in [2.45, 2.75) is 0 Å².